The Morgan fingerprint density at radius 2 is 0.559 bits per heavy atom. The van der Waals surface area contributed by atoms with Gasteiger partial charge in [0.25, 0.3) is 0 Å². The number of nitrogens with zero attached hydrogens (tertiary/aromatic N) is 2. The number of anilines is 6. The summed E-state index contributed by atoms with van der Waals surface area (Å²) in [6.07, 6.45) is 0. The molecular formula is C114H74N2O2. The Morgan fingerprint density at radius 1 is 0.186 bits per heavy atom. The molecule has 4 nitrogen and oxygen atoms in total. The molecule has 20 aromatic carbocycles. The van der Waals surface area contributed by atoms with Crippen molar-refractivity contribution in [2.24, 2.45) is 0 Å². The predicted molar refractivity (Wildman–Crippen MR) is 492 cm³/mol. The maximum absolute atomic E-state index is 6.81. The first kappa shape index (κ1) is 68.3. The van der Waals surface area contributed by atoms with Gasteiger partial charge in [0.1, 0.15) is 22.3 Å². The van der Waals surface area contributed by atoms with E-state index < -0.39 is 10.8 Å². The van der Waals surface area contributed by atoms with Crippen LogP contribution in [-0.4, -0.2) is 0 Å². The van der Waals surface area contributed by atoms with Gasteiger partial charge in [-0.1, -0.05) is 352 Å². The number of hydrogen-bond acceptors (Lipinski definition) is 4. The van der Waals surface area contributed by atoms with Crippen LogP contribution in [0, 0.1) is 0 Å². The van der Waals surface area contributed by atoms with Crippen LogP contribution in [0.2, 0.25) is 0 Å². The van der Waals surface area contributed by atoms with E-state index >= 15 is 0 Å². The molecule has 0 saturated heterocycles. The van der Waals surface area contributed by atoms with Crippen LogP contribution in [0.4, 0.5) is 34.1 Å². The van der Waals surface area contributed by atoms with Gasteiger partial charge in [0.2, 0.25) is 0 Å². The molecule has 0 saturated carbocycles. The highest BCUT2D eigenvalue weighted by Crippen LogP contribution is 2.61. The fourth-order valence-electron chi connectivity index (χ4n) is 19.8. The maximum Gasteiger partial charge on any atom is 0.143 e. The van der Waals surface area contributed by atoms with Crippen molar-refractivity contribution < 1.29 is 8.83 Å². The van der Waals surface area contributed by atoms with Gasteiger partial charge in [-0.25, -0.2) is 0 Å². The molecule has 0 N–H and O–H groups in total. The van der Waals surface area contributed by atoms with Crippen molar-refractivity contribution in [3.05, 3.63) is 493 Å². The molecule has 0 aliphatic heterocycles. The lowest BCUT2D eigenvalue weighted by Gasteiger charge is -2.35. The monoisotopic (exact) mass is 1500 g/mol. The number of furan rings is 2. The van der Waals surface area contributed by atoms with Crippen molar-refractivity contribution in [1.29, 1.82) is 0 Å². The molecule has 0 fully saturated rings. The summed E-state index contributed by atoms with van der Waals surface area (Å²) in [6.45, 7) is 0. The highest BCUT2D eigenvalue weighted by atomic mass is 16.3. The Kier molecular flexibility index (Phi) is 16.0. The fourth-order valence-corrected chi connectivity index (χ4v) is 19.8. The number of fused-ring (bicyclic) bond motifs is 18. The van der Waals surface area contributed by atoms with E-state index in [4.69, 9.17) is 8.83 Å². The predicted octanol–water partition coefficient (Wildman–Crippen LogP) is 30.8. The minimum absolute atomic E-state index is 0.514. The van der Waals surface area contributed by atoms with Gasteiger partial charge in [-0.05, 0) is 201 Å². The molecule has 118 heavy (non-hydrogen) atoms. The lowest BCUT2D eigenvalue weighted by molar-refractivity contribution is 0.672. The Bertz CT molecular complexity index is 7590. The second-order valence-electron chi connectivity index (χ2n) is 31.2. The quantitative estimate of drug-likeness (QED) is 0.122. The van der Waals surface area contributed by atoms with Gasteiger partial charge in [-0.15, -0.1) is 0 Å². The van der Waals surface area contributed by atoms with E-state index in [-0.39, 0.29) is 0 Å². The van der Waals surface area contributed by atoms with Gasteiger partial charge in [0, 0.05) is 78.5 Å². The molecule has 22 aromatic rings. The molecule has 2 aromatic heterocycles. The first-order chi connectivity index (χ1) is 58.5. The number of benzene rings is 20. The summed E-state index contributed by atoms with van der Waals surface area (Å²) < 4.78 is 13.6. The highest BCUT2D eigenvalue weighted by Gasteiger charge is 2.49. The highest BCUT2D eigenvalue weighted by molar-refractivity contribution is 6.17. The third kappa shape index (κ3) is 10.8. The lowest BCUT2D eigenvalue weighted by atomic mass is 9.67. The molecule has 0 radical (unpaired) electrons. The Morgan fingerprint density at radius 3 is 1.14 bits per heavy atom. The first-order valence-corrected chi connectivity index (χ1v) is 40.7. The standard InChI is InChI=1S/2C57H37NO/c1-3-17-41(18-4-1)57(42-19-5-2-6-20-42)53-25-12-11-23-49(53)50-34-31-44(36-54(50)57)58(43-29-26-40(27-30-43)47-24-13-16-38-14-7-9-21-46(38)47)45-32-35-51-52-33-28-39-15-8-10-22-48(39)56(52)59-55(51)37-45;1-3-17-43(18-4-1)57(44-19-5-2-6-20-44)51-23-12-11-22-50(51)55-52(57)24-13-25-53(55)58(45-31-28-39(29-32-45)42-27-26-38-14-7-8-16-41(38)36-42)46-33-35-48-49-34-30-40-15-9-10-21-47(40)56(49)59-54(48)37-46/h2*1-37H. The molecule has 2 aliphatic rings. The summed E-state index contributed by atoms with van der Waals surface area (Å²) >= 11 is 0. The Hall–Kier alpha value is -15.4. The summed E-state index contributed by atoms with van der Waals surface area (Å²) in [4.78, 5) is 4.82. The first-order valence-electron chi connectivity index (χ1n) is 40.7. The molecule has 2 aliphatic carbocycles. The van der Waals surface area contributed by atoms with Crippen LogP contribution in [0.1, 0.15) is 44.5 Å². The zero-order valence-corrected chi connectivity index (χ0v) is 64.4. The largest absolute Gasteiger partial charge is 0.455 e. The topological polar surface area (TPSA) is 32.8 Å². The molecular weight excluding hydrogens is 1430 g/mol. The Balaban J connectivity index is 0.000000138. The number of rotatable bonds is 12. The second kappa shape index (κ2) is 27.7. The van der Waals surface area contributed by atoms with Crippen LogP contribution in [0.25, 0.3) is 131 Å². The van der Waals surface area contributed by atoms with Crippen LogP contribution in [0.15, 0.2) is 458 Å². The third-order valence-electron chi connectivity index (χ3n) is 25.0. The fraction of sp³-hybridized carbons (Fsp3) is 0.0175. The molecule has 0 spiro atoms. The minimum Gasteiger partial charge on any atom is -0.455 e. The van der Waals surface area contributed by atoms with Crippen molar-refractivity contribution in [3.63, 3.8) is 0 Å². The van der Waals surface area contributed by atoms with Gasteiger partial charge >= 0.3 is 0 Å². The zero-order valence-electron chi connectivity index (χ0n) is 64.4. The maximum atomic E-state index is 6.81. The molecule has 552 valence electrons. The molecule has 24 rings (SSSR count). The van der Waals surface area contributed by atoms with E-state index in [0.29, 0.717) is 0 Å². The van der Waals surface area contributed by atoms with E-state index in [9.17, 15) is 0 Å². The lowest BCUT2D eigenvalue weighted by Crippen LogP contribution is -2.28. The average Bonchev–Trinajstić information content (AvgIpc) is 1.53. The van der Waals surface area contributed by atoms with Crippen molar-refractivity contribution in [2.75, 3.05) is 9.80 Å². The van der Waals surface area contributed by atoms with Crippen LogP contribution < -0.4 is 9.80 Å². The van der Waals surface area contributed by atoms with Crippen LogP contribution >= 0.6 is 0 Å². The average molecular weight is 1500 g/mol. The van der Waals surface area contributed by atoms with E-state index in [1.54, 1.807) is 0 Å². The third-order valence-corrected chi connectivity index (χ3v) is 25.0. The van der Waals surface area contributed by atoms with Gasteiger partial charge in [0.15, 0.2) is 0 Å². The van der Waals surface area contributed by atoms with E-state index in [0.717, 1.165) is 88.8 Å². The SMILES string of the molecule is c1ccc(C2(c3ccccc3)c3ccccc3-c3c(N(c4ccc(-c5ccc6ccccc6c5)cc4)c4ccc5c(c4)oc4c6ccccc6ccc54)cccc32)cc1.c1ccc(C2(c3ccccc3)c3ccccc3-c3ccc(N(c4ccc(-c5cccc6ccccc56)cc4)c4ccc5c(c4)oc4c6ccccc6ccc54)cc32)cc1. The summed E-state index contributed by atoms with van der Waals surface area (Å²) in [7, 11) is 0. The van der Waals surface area contributed by atoms with Crippen LogP contribution in [0.3, 0.4) is 0 Å². The van der Waals surface area contributed by atoms with Gasteiger partial charge in [-0.2, -0.15) is 0 Å². The van der Waals surface area contributed by atoms with Gasteiger partial charge in [0.05, 0.1) is 16.5 Å². The molecule has 0 amide bonds. The normalized spacial score (nSPS) is 12.9. The van der Waals surface area contributed by atoms with Crippen LogP contribution in [-0.2, 0) is 10.8 Å². The second-order valence-corrected chi connectivity index (χ2v) is 31.2. The molecule has 0 bridgehead atoms. The smallest absolute Gasteiger partial charge is 0.143 e. The summed E-state index contributed by atoms with van der Waals surface area (Å²) in [6, 6.07) is 164. The van der Waals surface area contributed by atoms with E-state index in [1.807, 2.05) is 0 Å². The summed E-state index contributed by atoms with van der Waals surface area (Å²) in [5, 5.41) is 14.0. The van der Waals surface area contributed by atoms with Crippen molar-refractivity contribution in [1.82, 2.24) is 0 Å². The van der Waals surface area contributed by atoms with Crippen LogP contribution in [0.5, 0.6) is 0 Å². The van der Waals surface area contributed by atoms with Gasteiger partial charge in [-0.3, -0.25) is 0 Å². The van der Waals surface area contributed by atoms with Crippen molar-refractivity contribution >= 4 is 121 Å². The Labute approximate surface area is 683 Å². The van der Waals surface area contributed by atoms with E-state index in [1.165, 1.54) is 121 Å². The molecule has 0 unspecified atom stereocenters. The minimum atomic E-state index is -0.516. The summed E-state index contributed by atoms with van der Waals surface area (Å²) in [5.41, 5.74) is 28.8. The molecule has 0 atom stereocenters. The number of hydrogen-bond donors (Lipinski definition) is 0. The van der Waals surface area contributed by atoms with Crippen molar-refractivity contribution in [2.45, 2.75) is 10.8 Å². The zero-order chi connectivity index (χ0) is 77.8. The van der Waals surface area contributed by atoms with Crippen molar-refractivity contribution in [3.8, 4) is 44.5 Å². The van der Waals surface area contributed by atoms with Gasteiger partial charge < -0.3 is 18.6 Å². The molecule has 2 heterocycles. The van der Waals surface area contributed by atoms with E-state index in [2.05, 4.69) is 459 Å². The summed E-state index contributed by atoms with van der Waals surface area (Å²) in [5.74, 6) is 0. The molecule has 4 heteroatoms.